The van der Waals surface area contributed by atoms with E-state index in [9.17, 15) is 4.79 Å². The van der Waals surface area contributed by atoms with Crippen LogP contribution in [0.3, 0.4) is 0 Å². The Balaban J connectivity index is 1.83. The van der Waals surface area contributed by atoms with Crippen molar-refractivity contribution < 1.29 is 4.79 Å². The van der Waals surface area contributed by atoms with E-state index in [-0.39, 0.29) is 0 Å². The third-order valence-corrected chi connectivity index (χ3v) is 3.12. The van der Waals surface area contributed by atoms with Gasteiger partial charge in [-0.1, -0.05) is 19.3 Å². The first kappa shape index (κ1) is 10.9. The van der Waals surface area contributed by atoms with Crippen LogP contribution in [0.5, 0.6) is 0 Å². The second kappa shape index (κ2) is 4.96. The van der Waals surface area contributed by atoms with Crippen molar-refractivity contribution in [2.45, 2.75) is 25.7 Å². The molecule has 0 atom stereocenters. The van der Waals surface area contributed by atoms with E-state index < -0.39 is 5.91 Å². The Labute approximate surface area is 95.3 Å². The number of amides is 1. The Morgan fingerprint density at radius 1 is 1.56 bits per heavy atom. The number of hydrogen-bond donors (Lipinski definition) is 2. The van der Waals surface area contributed by atoms with Gasteiger partial charge in [0.1, 0.15) is 5.69 Å². The molecule has 0 radical (unpaired) electrons. The SMILES string of the molecule is NC(=O)c1cc(NCCC2CCC2)ccn1. The Bertz CT molecular complexity index is 374. The molecule has 0 spiro atoms. The molecule has 2 rings (SSSR count). The lowest BCUT2D eigenvalue weighted by Crippen LogP contribution is -2.16. The topological polar surface area (TPSA) is 68.0 Å². The molecule has 4 nitrogen and oxygen atoms in total. The van der Waals surface area contributed by atoms with Crippen molar-refractivity contribution in [3.63, 3.8) is 0 Å². The van der Waals surface area contributed by atoms with Gasteiger partial charge in [-0.3, -0.25) is 9.78 Å². The fourth-order valence-electron chi connectivity index (χ4n) is 1.88. The van der Waals surface area contributed by atoms with E-state index in [4.69, 9.17) is 5.73 Å². The lowest BCUT2D eigenvalue weighted by atomic mass is 9.83. The summed E-state index contributed by atoms with van der Waals surface area (Å²) in [6.07, 6.45) is 6.92. The predicted molar refractivity (Wildman–Crippen MR) is 63.2 cm³/mol. The lowest BCUT2D eigenvalue weighted by Gasteiger charge is -2.25. The number of hydrogen-bond acceptors (Lipinski definition) is 3. The molecule has 16 heavy (non-hydrogen) atoms. The van der Waals surface area contributed by atoms with Crippen LogP contribution in [-0.4, -0.2) is 17.4 Å². The highest BCUT2D eigenvalue weighted by Gasteiger charge is 2.16. The first-order valence-corrected chi connectivity index (χ1v) is 5.75. The molecular weight excluding hydrogens is 202 g/mol. The molecule has 4 heteroatoms. The van der Waals surface area contributed by atoms with Gasteiger partial charge in [0.05, 0.1) is 0 Å². The summed E-state index contributed by atoms with van der Waals surface area (Å²) < 4.78 is 0. The smallest absolute Gasteiger partial charge is 0.267 e. The van der Waals surface area contributed by atoms with Crippen molar-refractivity contribution in [2.24, 2.45) is 11.7 Å². The molecule has 0 aromatic carbocycles. The molecule has 1 aliphatic carbocycles. The molecule has 0 unspecified atom stereocenters. The number of anilines is 1. The minimum Gasteiger partial charge on any atom is -0.385 e. The highest BCUT2D eigenvalue weighted by Crippen LogP contribution is 2.29. The minimum atomic E-state index is -0.484. The Morgan fingerprint density at radius 2 is 2.38 bits per heavy atom. The normalized spacial score (nSPS) is 15.5. The number of primary amides is 1. The number of nitrogens with two attached hydrogens (primary N) is 1. The van der Waals surface area contributed by atoms with Crippen LogP contribution in [-0.2, 0) is 0 Å². The summed E-state index contributed by atoms with van der Waals surface area (Å²) in [7, 11) is 0. The van der Waals surface area contributed by atoms with Gasteiger partial charge in [0, 0.05) is 18.4 Å². The molecule has 1 aliphatic rings. The summed E-state index contributed by atoms with van der Waals surface area (Å²) in [6, 6.07) is 3.55. The van der Waals surface area contributed by atoms with Crippen LogP contribution in [0.2, 0.25) is 0 Å². The van der Waals surface area contributed by atoms with E-state index in [0.717, 1.165) is 18.2 Å². The van der Waals surface area contributed by atoms with Crippen LogP contribution < -0.4 is 11.1 Å². The van der Waals surface area contributed by atoms with Crippen LogP contribution in [0, 0.1) is 5.92 Å². The van der Waals surface area contributed by atoms with E-state index in [1.807, 2.05) is 6.07 Å². The van der Waals surface area contributed by atoms with Gasteiger partial charge in [0.15, 0.2) is 0 Å². The van der Waals surface area contributed by atoms with Crippen molar-refractivity contribution in [1.82, 2.24) is 4.98 Å². The molecular formula is C12H17N3O. The van der Waals surface area contributed by atoms with Gasteiger partial charge in [-0.15, -0.1) is 0 Å². The number of carbonyl (C=O) groups excluding carboxylic acids is 1. The highest BCUT2D eigenvalue weighted by molar-refractivity contribution is 5.91. The monoisotopic (exact) mass is 219 g/mol. The molecule has 1 saturated carbocycles. The number of carbonyl (C=O) groups is 1. The zero-order chi connectivity index (χ0) is 11.4. The first-order chi connectivity index (χ1) is 7.75. The highest BCUT2D eigenvalue weighted by atomic mass is 16.1. The summed E-state index contributed by atoms with van der Waals surface area (Å²) in [4.78, 5) is 14.8. The van der Waals surface area contributed by atoms with Gasteiger partial charge in [0.25, 0.3) is 5.91 Å². The zero-order valence-electron chi connectivity index (χ0n) is 9.28. The number of aromatic nitrogens is 1. The van der Waals surface area contributed by atoms with Gasteiger partial charge in [-0.25, -0.2) is 0 Å². The maximum atomic E-state index is 10.9. The average molecular weight is 219 g/mol. The van der Waals surface area contributed by atoms with Crippen LogP contribution in [0.15, 0.2) is 18.3 Å². The van der Waals surface area contributed by atoms with E-state index in [1.54, 1.807) is 12.3 Å². The molecule has 1 aromatic rings. The van der Waals surface area contributed by atoms with Crippen molar-refractivity contribution in [3.8, 4) is 0 Å². The molecule has 1 amide bonds. The van der Waals surface area contributed by atoms with Crippen LogP contribution in [0.25, 0.3) is 0 Å². The summed E-state index contributed by atoms with van der Waals surface area (Å²) >= 11 is 0. The van der Waals surface area contributed by atoms with Gasteiger partial charge in [-0.2, -0.15) is 0 Å². The third kappa shape index (κ3) is 2.72. The minimum absolute atomic E-state index is 0.314. The standard InChI is InChI=1S/C12H17N3O/c13-12(16)11-8-10(5-7-15-11)14-6-4-9-2-1-3-9/h5,7-9H,1-4,6H2,(H2,13,16)(H,14,15). The van der Waals surface area contributed by atoms with E-state index in [2.05, 4.69) is 10.3 Å². The van der Waals surface area contributed by atoms with Crippen LogP contribution in [0.4, 0.5) is 5.69 Å². The number of rotatable bonds is 5. The lowest BCUT2D eigenvalue weighted by molar-refractivity contribution is 0.0995. The van der Waals surface area contributed by atoms with E-state index >= 15 is 0 Å². The van der Waals surface area contributed by atoms with Crippen molar-refractivity contribution >= 4 is 11.6 Å². The third-order valence-electron chi connectivity index (χ3n) is 3.12. The van der Waals surface area contributed by atoms with Gasteiger partial charge in [0.2, 0.25) is 0 Å². The van der Waals surface area contributed by atoms with Crippen molar-refractivity contribution in [3.05, 3.63) is 24.0 Å². The maximum absolute atomic E-state index is 10.9. The second-order valence-corrected chi connectivity index (χ2v) is 4.31. The summed E-state index contributed by atoms with van der Waals surface area (Å²) in [6.45, 7) is 0.951. The fraction of sp³-hybridized carbons (Fsp3) is 0.500. The summed E-state index contributed by atoms with van der Waals surface area (Å²) in [5.41, 5.74) is 6.39. The van der Waals surface area contributed by atoms with E-state index in [0.29, 0.717) is 5.69 Å². The number of nitrogens with zero attached hydrogens (tertiary/aromatic N) is 1. The van der Waals surface area contributed by atoms with Gasteiger partial charge < -0.3 is 11.1 Å². The second-order valence-electron chi connectivity index (χ2n) is 4.31. The molecule has 3 N–H and O–H groups in total. The average Bonchev–Trinajstić information content (AvgIpc) is 2.22. The fourth-order valence-corrected chi connectivity index (χ4v) is 1.88. The van der Waals surface area contributed by atoms with Gasteiger partial charge in [-0.05, 0) is 24.5 Å². The quantitative estimate of drug-likeness (QED) is 0.793. The Morgan fingerprint density at radius 3 is 3.00 bits per heavy atom. The number of pyridine rings is 1. The Kier molecular flexibility index (Phi) is 3.39. The van der Waals surface area contributed by atoms with E-state index in [1.165, 1.54) is 25.7 Å². The van der Waals surface area contributed by atoms with Crippen LogP contribution >= 0.6 is 0 Å². The van der Waals surface area contributed by atoms with Crippen molar-refractivity contribution in [2.75, 3.05) is 11.9 Å². The zero-order valence-corrected chi connectivity index (χ0v) is 9.28. The molecule has 0 bridgehead atoms. The molecule has 1 heterocycles. The first-order valence-electron chi connectivity index (χ1n) is 5.75. The molecule has 1 aromatic heterocycles. The predicted octanol–water partition coefficient (Wildman–Crippen LogP) is 1.78. The molecule has 0 saturated heterocycles. The van der Waals surface area contributed by atoms with Crippen molar-refractivity contribution in [1.29, 1.82) is 0 Å². The maximum Gasteiger partial charge on any atom is 0.267 e. The molecule has 86 valence electrons. The Hall–Kier alpha value is -1.58. The molecule has 1 fully saturated rings. The number of nitrogens with one attached hydrogen (secondary N) is 1. The molecule has 0 aliphatic heterocycles. The summed E-state index contributed by atoms with van der Waals surface area (Å²) in [5, 5.41) is 3.29. The largest absolute Gasteiger partial charge is 0.385 e. The summed E-state index contributed by atoms with van der Waals surface area (Å²) in [5.74, 6) is 0.410. The van der Waals surface area contributed by atoms with Gasteiger partial charge >= 0.3 is 0 Å². The van der Waals surface area contributed by atoms with Crippen LogP contribution in [0.1, 0.15) is 36.2 Å².